The third kappa shape index (κ3) is 3.21. The number of hydrogen-bond acceptors (Lipinski definition) is 4. The van der Waals surface area contributed by atoms with Crippen LogP contribution in [0.15, 0.2) is 0 Å². The van der Waals surface area contributed by atoms with Crippen molar-refractivity contribution in [3.63, 3.8) is 0 Å². The van der Waals surface area contributed by atoms with Crippen LogP contribution in [0, 0.1) is 0 Å². The van der Waals surface area contributed by atoms with E-state index >= 15 is 0 Å². The van der Waals surface area contributed by atoms with Gasteiger partial charge in [0.2, 0.25) is 0 Å². The molecule has 0 saturated carbocycles. The normalized spacial score (nSPS) is 29.7. The molecule has 4 nitrogen and oxygen atoms in total. The van der Waals surface area contributed by atoms with Crippen LogP contribution < -0.4 is 34.9 Å². The molecule has 1 fully saturated rings. The van der Waals surface area contributed by atoms with Crippen molar-refractivity contribution in [2.24, 2.45) is 0 Å². The van der Waals surface area contributed by atoms with Gasteiger partial charge in [0.25, 0.3) is 0 Å². The summed E-state index contributed by atoms with van der Waals surface area (Å²) in [6, 6.07) is 0. The molecular formula is C3H8Cl2N3NaO. The maximum absolute atomic E-state index is 8.89. The number of aliphatic hydroxyl groups excluding tert-OH is 1. The Morgan fingerprint density at radius 3 is 2.60 bits per heavy atom. The van der Waals surface area contributed by atoms with Crippen LogP contribution in [-0.4, -0.2) is 33.6 Å². The molecule has 0 aromatic heterocycles. The summed E-state index contributed by atoms with van der Waals surface area (Å²) in [5.74, 6) is 0. The number of rotatable bonds is 0. The fraction of sp³-hybridized carbons (Fsp3) is 1.00. The van der Waals surface area contributed by atoms with Crippen molar-refractivity contribution >= 4 is 23.6 Å². The van der Waals surface area contributed by atoms with Crippen molar-refractivity contribution in [1.82, 2.24) is 14.2 Å². The number of hydrogen-bond donors (Lipinski definition) is 2. The molecule has 0 spiro atoms. The van der Waals surface area contributed by atoms with Crippen LogP contribution in [0.2, 0.25) is 0 Å². The molecular weight excluding hydrogens is 188 g/mol. The standard InChI is InChI=1S/C3H7Cl2N3O.Na.H/c4-7-1-6-3(9)8(5)2-7;;/h3,6,9H,1-2H2;;/q;+1;-1. The van der Waals surface area contributed by atoms with Crippen LogP contribution in [0.1, 0.15) is 1.43 Å². The molecule has 1 aliphatic rings. The zero-order valence-electron chi connectivity index (χ0n) is 6.59. The predicted octanol–water partition coefficient (Wildman–Crippen LogP) is -3.19. The maximum atomic E-state index is 8.89. The summed E-state index contributed by atoms with van der Waals surface area (Å²) < 4.78 is 2.58. The van der Waals surface area contributed by atoms with E-state index in [0.717, 1.165) is 4.42 Å². The van der Waals surface area contributed by atoms with Gasteiger partial charge in [-0.1, -0.05) is 0 Å². The molecule has 10 heavy (non-hydrogen) atoms. The second-order valence-electron chi connectivity index (χ2n) is 1.74. The minimum Gasteiger partial charge on any atom is -1.00 e. The first-order valence-electron chi connectivity index (χ1n) is 2.45. The van der Waals surface area contributed by atoms with Crippen molar-refractivity contribution in [3.05, 3.63) is 0 Å². The van der Waals surface area contributed by atoms with E-state index in [-0.39, 0.29) is 31.0 Å². The molecule has 1 rings (SSSR count). The Bertz CT molecular complexity index is 113. The SMILES string of the molecule is OC1NCN(Cl)CN1Cl.[H-].[Na+]. The Morgan fingerprint density at radius 2 is 2.20 bits per heavy atom. The van der Waals surface area contributed by atoms with Crippen LogP contribution in [0.25, 0.3) is 0 Å². The fourth-order valence-electron chi connectivity index (χ4n) is 0.554. The summed E-state index contributed by atoms with van der Waals surface area (Å²) in [7, 11) is 0. The molecule has 1 saturated heterocycles. The van der Waals surface area contributed by atoms with Gasteiger partial charge in [-0.15, -0.1) is 0 Å². The van der Waals surface area contributed by atoms with Crippen molar-refractivity contribution < 1.29 is 36.1 Å². The summed E-state index contributed by atoms with van der Waals surface area (Å²) in [6.07, 6.45) is -0.790. The van der Waals surface area contributed by atoms with Gasteiger partial charge in [-0.25, -0.2) is 0 Å². The first-order chi connectivity index (χ1) is 4.20. The Labute approximate surface area is 93.1 Å². The molecule has 0 aromatic rings. The molecule has 1 heterocycles. The summed E-state index contributed by atoms with van der Waals surface area (Å²) in [4.78, 5) is 0. The Kier molecular flexibility index (Phi) is 5.86. The fourth-order valence-corrected chi connectivity index (χ4v) is 0.991. The average Bonchev–Trinajstić information content (AvgIpc) is 1.80. The molecule has 0 bridgehead atoms. The minimum atomic E-state index is -0.790. The van der Waals surface area contributed by atoms with Crippen LogP contribution in [0.3, 0.4) is 0 Å². The van der Waals surface area contributed by atoms with Crippen molar-refractivity contribution in [3.8, 4) is 0 Å². The summed E-state index contributed by atoms with van der Waals surface area (Å²) in [5, 5.41) is 11.5. The van der Waals surface area contributed by atoms with E-state index in [4.69, 9.17) is 28.7 Å². The zero-order valence-corrected chi connectivity index (χ0v) is 9.10. The summed E-state index contributed by atoms with van der Waals surface area (Å²) >= 11 is 11.0. The van der Waals surface area contributed by atoms with Gasteiger partial charge in [0, 0.05) is 0 Å². The molecule has 1 atom stereocenters. The first-order valence-corrected chi connectivity index (χ1v) is 3.12. The molecule has 7 heteroatoms. The van der Waals surface area contributed by atoms with Gasteiger partial charge in [0.05, 0.1) is 13.3 Å². The maximum Gasteiger partial charge on any atom is 1.00 e. The number of halogens is 2. The smallest absolute Gasteiger partial charge is 1.00 e. The molecule has 2 N–H and O–H groups in total. The van der Waals surface area contributed by atoms with Crippen LogP contribution in [0.4, 0.5) is 0 Å². The average molecular weight is 196 g/mol. The van der Waals surface area contributed by atoms with Gasteiger partial charge in [-0.3, -0.25) is 5.32 Å². The predicted molar refractivity (Wildman–Crippen MR) is 35.4 cm³/mol. The van der Waals surface area contributed by atoms with Crippen molar-refractivity contribution in [2.45, 2.75) is 6.35 Å². The van der Waals surface area contributed by atoms with Crippen molar-refractivity contribution in [1.29, 1.82) is 0 Å². The topological polar surface area (TPSA) is 38.7 Å². The van der Waals surface area contributed by atoms with Gasteiger partial charge in [0.15, 0.2) is 6.35 Å². The Balaban J connectivity index is 0. The van der Waals surface area contributed by atoms with E-state index in [9.17, 15) is 0 Å². The van der Waals surface area contributed by atoms with Gasteiger partial charge in [0.1, 0.15) is 0 Å². The van der Waals surface area contributed by atoms with Gasteiger partial charge in [-0.05, 0) is 23.6 Å². The molecule has 1 unspecified atom stereocenters. The number of nitrogens with zero attached hydrogens (tertiary/aromatic N) is 2. The molecule has 0 amide bonds. The summed E-state index contributed by atoms with van der Waals surface area (Å²) in [6.45, 7) is 0.781. The third-order valence-electron chi connectivity index (χ3n) is 0.999. The molecule has 0 aliphatic carbocycles. The van der Waals surface area contributed by atoms with E-state index in [1.54, 1.807) is 0 Å². The van der Waals surface area contributed by atoms with E-state index in [0.29, 0.717) is 13.3 Å². The molecule has 0 radical (unpaired) electrons. The van der Waals surface area contributed by atoms with Crippen molar-refractivity contribution in [2.75, 3.05) is 13.3 Å². The van der Waals surface area contributed by atoms with Gasteiger partial charge < -0.3 is 6.53 Å². The monoisotopic (exact) mass is 195 g/mol. The van der Waals surface area contributed by atoms with Gasteiger partial charge in [-0.2, -0.15) is 8.84 Å². The van der Waals surface area contributed by atoms with Gasteiger partial charge >= 0.3 is 29.6 Å². The second-order valence-corrected chi connectivity index (χ2v) is 2.65. The molecule has 1 aliphatic heterocycles. The van der Waals surface area contributed by atoms with E-state index in [1.807, 2.05) is 0 Å². The molecule has 56 valence electrons. The Morgan fingerprint density at radius 1 is 1.60 bits per heavy atom. The quantitative estimate of drug-likeness (QED) is 0.316. The van der Waals surface area contributed by atoms with Crippen LogP contribution in [0.5, 0.6) is 0 Å². The molecule has 0 aromatic carbocycles. The first kappa shape index (κ1) is 11.4. The third-order valence-corrected chi connectivity index (χ3v) is 1.52. The second kappa shape index (κ2) is 5.13. The summed E-state index contributed by atoms with van der Waals surface area (Å²) in [5.41, 5.74) is 0. The van der Waals surface area contributed by atoms with E-state index in [1.165, 1.54) is 4.42 Å². The number of nitrogens with one attached hydrogen (secondary N) is 1. The van der Waals surface area contributed by atoms with Crippen LogP contribution in [-0.2, 0) is 0 Å². The zero-order chi connectivity index (χ0) is 6.85. The van der Waals surface area contributed by atoms with Crippen LogP contribution >= 0.6 is 23.6 Å². The Hall–Kier alpha value is 1.42. The minimum absolute atomic E-state index is 0. The number of aliphatic hydroxyl groups is 1. The van der Waals surface area contributed by atoms with E-state index in [2.05, 4.69) is 5.32 Å². The largest absolute Gasteiger partial charge is 1.00 e. The van der Waals surface area contributed by atoms with E-state index < -0.39 is 6.35 Å².